The van der Waals surface area contributed by atoms with Crippen molar-refractivity contribution in [2.45, 2.75) is 32.4 Å². The summed E-state index contributed by atoms with van der Waals surface area (Å²) in [5.74, 6) is 2.47. The van der Waals surface area contributed by atoms with E-state index in [0.29, 0.717) is 12.1 Å². The summed E-state index contributed by atoms with van der Waals surface area (Å²) in [5, 5.41) is 22.0. The molecule has 0 aromatic heterocycles. The van der Waals surface area contributed by atoms with Gasteiger partial charge >= 0.3 is 0 Å². The molecule has 0 bridgehead atoms. The molecule has 0 radical (unpaired) electrons. The van der Waals surface area contributed by atoms with Gasteiger partial charge in [-0.05, 0) is 12.5 Å². The summed E-state index contributed by atoms with van der Waals surface area (Å²) in [4.78, 5) is 0. The van der Waals surface area contributed by atoms with Gasteiger partial charge in [0.2, 0.25) is 0 Å². The zero-order valence-corrected chi connectivity index (χ0v) is 9.40. The summed E-state index contributed by atoms with van der Waals surface area (Å²) in [6.07, 6.45) is 7.27. The third-order valence-corrected chi connectivity index (χ3v) is 2.42. The second kappa shape index (κ2) is 6.04. The fourth-order valence-corrected chi connectivity index (χ4v) is 1.49. The fraction of sp³-hybridized carbons (Fsp3) is 0.385. The number of hydrogen-bond donors (Lipinski definition) is 3. The second-order valence-electron chi connectivity index (χ2n) is 3.67. The maximum atomic E-state index is 9.57. The molecular formula is C13H17NO2. The highest BCUT2D eigenvalue weighted by Gasteiger charge is 2.07. The van der Waals surface area contributed by atoms with Crippen molar-refractivity contribution in [3.8, 4) is 23.8 Å². The summed E-state index contributed by atoms with van der Waals surface area (Å²) in [7, 11) is 0. The van der Waals surface area contributed by atoms with Crippen LogP contribution in [0, 0.1) is 12.3 Å². The van der Waals surface area contributed by atoms with Gasteiger partial charge in [0, 0.05) is 12.1 Å². The number of terminal acetylenes is 1. The first-order valence-electron chi connectivity index (χ1n) is 5.38. The Labute approximate surface area is 96.1 Å². The minimum Gasteiger partial charge on any atom is -0.504 e. The molecule has 1 aromatic carbocycles. The summed E-state index contributed by atoms with van der Waals surface area (Å²) < 4.78 is 0. The lowest BCUT2D eigenvalue weighted by molar-refractivity contribution is 0.396. The van der Waals surface area contributed by atoms with E-state index in [2.05, 4.69) is 18.2 Å². The third kappa shape index (κ3) is 3.18. The fourth-order valence-electron chi connectivity index (χ4n) is 1.49. The molecule has 0 aliphatic rings. The zero-order valence-electron chi connectivity index (χ0n) is 9.40. The molecular weight excluding hydrogens is 202 g/mol. The minimum absolute atomic E-state index is 0.00625. The first-order chi connectivity index (χ1) is 7.69. The van der Waals surface area contributed by atoms with Crippen LogP contribution in [-0.2, 0) is 6.54 Å². The van der Waals surface area contributed by atoms with Gasteiger partial charge in [-0.15, -0.1) is 6.42 Å². The third-order valence-electron chi connectivity index (χ3n) is 2.42. The van der Waals surface area contributed by atoms with Gasteiger partial charge < -0.3 is 10.2 Å². The highest BCUT2D eigenvalue weighted by Crippen LogP contribution is 2.27. The average Bonchev–Trinajstić information content (AvgIpc) is 2.29. The van der Waals surface area contributed by atoms with Crippen LogP contribution in [0.25, 0.3) is 0 Å². The molecule has 0 aliphatic heterocycles. The van der Waals surface area contributed by atoms with E-state index in [1.54, 1.807) is 12.1 Å². The highest BCUT2D eigenvalue weighted by atomic mass is 16.3. The van der Waals surface area contributed by atoms with E-state index in [1.807, 2.05) is 0 Å². The van der Waals surface area contributed by atoms with Gasteiger partial charge in [0.25, 0.3) is 0 Å². The SMILES string of the molecule is C#CC(CCC)NCc1cccc(O)c1O. The molecule has 3 nitrogen and oxygen atoms in total. The lowest BCUT2D eigenvalue weighted by Crippen LogP contribution is -2.26. The van der Waals surface area contributed by atoms with Gasteiger partial charge in [-0.3, -0.25) is 5.32 Å². The van der Waals surface area contributed by atoms with Gasteiger partial charge in [0.05, 0.1) is 6.04 Å². The van der Waals surface area contributed by atoms with E-state index in [4.69, 9.17) is 6.42 Å². The molecule has 1 aromatic rings. The first kappa shape index (κ1) is 12.4. The van der Waals surface area contributed by atoms with Gasteiger partial charge in [-0.2, -0.15) is 0 Å². The monoisotopic (exact) mass is 219 g/mol. The maximum Gasteiger partial charge on any atom is 0.161 e. The number of phenolic OH excluding ortho intramolecular Hbond substituents is 2. The van der Waals surface area contributed by atoms with E-state index in [1.165, 1.54) is 6.07 Å². The van der Waals surface area contributed by atoms with Crippen molar-refractivity contribution < 1.29 is 10.2 Å². The van der Waals surface area contributed by atoms with Crippen LogP contribution in [0.3, 0.4) is 0 Å². The standard InChI is InChI=1S/C13H17NO2/c1-3-6-11(4-2)14-9-10-7-5-8-12(15)13(10)16/h2,5,7-8,11,14-16H,3,6,9H2,1H3. The Balaban J connectivity index is 2.61. The van der Waals surface area contributed by atoms with Crippen LogP contribution in [0.15, 0.2) is 18.2 Å². The van der Waals surface area contributed by atoms with Crippen molar-refractivity contribution in [2.75, 3.05) is 0 Å². The molecule has 3 N–H and O–H groups in total. The van der Waals surface area contributed by atoms with Crippen molar-refractivity contribution in [3.63, 3.8) is 0 Å². The molecule has 3 heteroatoms. The van der Waals surface area contributed by atoms with Gasteiger partial charge in [-0.1, -0.05) is 31.4 Å². The molecule has 0 amide bonds. The van der Waals surface area contributed by atoms with Crippen LogP contribution >= 0.6 is 0 Å². The van der Waals surface area contributed by atoms with Crippen LogP contribution < -0.4 is 5.32 Å². The minimum atomic E-state index is -0.105. The molecule has 86 valence electrons. The smallest absolute Gasteiger partial charge is 0.161 e. The zero-order chi connectivity index (χ0) is 12.0. The van der Waals surface area contributed by atoms with E-state index in [9.17, 15) is 10.2 Å². The highest BCUT2D eigenvalue weighted by molar-refractivity contribution is 5.44. The Morgan fingerprint density at radius 1 is 1.44 bits per heavy atom. The van der Waals surface area contributed by atoms with Crippen LogP contribution in [0.1, 0.15) is 25.3 Å². The largest absolute Gasteiger partial charge is 0.504 e. The summed E-state index contributed by atoms with van der Waals surface area (Å²) in [5.41, 5.74) is 0.649. The Hall–Kier alpha value is -1.66. The molecule has 0 heterocycles. The van der Waals surface area contributed by atoms with Crippen molar-refractivity contribution in [2.24, 2.45) is 0 Å². The topological polar surface area (TPSA) is 52.5 Å². The predicted octanol–water partition coefficient (Wildman–Crippen LogP) is 1.99. The lowest BCUT2D eigenvalue weighted by atomic mass is 10.1. The van der Waals surface area contributed by atoms with Crippen LogP contribution in [0.5, 0.6) is 11.5 Å². The van der Waals surface area contributed by atoms with Crippen LogP contribution in [0.4, 0.5) is 0 Å². The number of aromatic hydroxyl groups is 2. The summed E-state index contributed by atoms with van der Waals surface area (Å²) in [6.45, 7) is 2.52. The lowest BCUT2D eigenvalue weighted by Gasteiger charge is -2.13. The predicted molar refractivity (Wildman–Crippen MR) is 64.1 cm³/mol. The summed E-state index contributed by atoms with van der Waals surface area (Å²) in [6, 6.07) is 4.90. The van der Waals surface area contributed by atoms with E-state index in [0.717, 1.165) is 12.8 Å². The van der Waals surface area contributed by atoms with E-state index in [-0.39, 0.29) is 17.5 Å². The molecule has 0 saturated heterocycles. The van der Waals surface area contributed by atoms with Crippen LogP contribution in [-0.4, -0.2) is 16.3 Å². The maximum absolute atomic E-state index is 9.57. The summed E-state index contributed by atoms with van der Waals surface area (Å²) >= 11 is 0. The number of hydrogen-bond acceptors (Lipinski definition) is 3. The Morgan fingerprint density at radius 3 is 2.81 bits per heavy atom. The molecule has 1 atom stereocenters. The van der Waals surface area contributed by atoms with Crippen molar-refractivity contribution >= 4 is 0 Å². The van der Waals surface area contributed by atoms with Gasteiger partial charge in [0.1, 0.15) is 0 Å². The number of benzene rings is 1. The number of nitrogens with one attached hydrogen (secondary N) is 1. The Bertz CT molecular complexity index is 382. The normalized spacial score (nSPS) is 12.0. The first-order valence-corrected chi connectivity index (χ1v) is 5.38. The van der Waals surface area contributed by atoms with E-state index >= 15 is 0 Å². The molecule has 16 heavy (non-hydrogen) atoms. The van der Waals surface area contributed by atoms with Gasteiger partial charge in [0.15, 0.2) is 11.5 Å². The van der Waals surface area contributed by atoms with Crippen LogP contribution in [0.2, 0.25) is 0 Å². The quantitative estimate of drug-likeness (QED) is 0.524. The Morgan fingerprint density at radius 2 is 2.19 bits per heavy atom. The molecule has 0 fully saturated rings. The molecule has 0 spiro atoms. The Kier molecular flexibility index (Phi) is 4.68. The van der Waals surface area contributed by atoms with Crippen molar-refractivity contribution in [1.29, 1.82) is 0 Å². The number of rotatable bonds is 5. The molecule has 0 saturated carbocycles. The number of para-hydroxylation sites is 1. The van der Waals surface area contributed by atoms with Gasteiger partial charge in [-0.25, -0.2) is 0 Å². The molecule has 0 aliphatic carbocycles. The van der Waals surface area contributed by atoms with Crippen molar-refractivity contribution in [1.82, 2.24) is 5.32 Å². The van der Waals surface area contributed by atoms with E-state index < -0.39 is 0 Å². The molecule has 1 unspecified atom stereocenters. The molecule has 1 rings (SSSR count). The second-order valence-corrected chi connectivity index (χ2v) is 3.67. The average molecular weight is 219 g/mol. The van der Waals surface area contributed by atoms with Crippen molar-refractivity contribution in [3.05, 3.63) is 23.8 Å². The number of phenols is 2.